The zero-order valence-electron chi connectivity index (χ0n) is 20.0. The summed E-state index contributed by atoms with van der Waals surface area (Å²) in [6.45, 7) is 6.08. The molecular weight excluding hydrogens is 528 g/mol. The van der Waals surface area contributed by atoms with Gasteiger partial charge in [-0.1, -0.05) is 17.7 Å². The van der Waals surface area contributed by atoms with Gasteiger partial charge in [0.15, 0.2) is 11.5 Å². The summed E-state index contributed by atoms with van der Waals surface area (Å²) in [5, 5.41) is 11.8. The van der Waals surface area contributed by atoms with E-state index in [4.69, 9.17) is 21.1 Å². The monoisotopic (exact) mass is 552 g/mol. The zero-order valence-corrected chi connectivity index (χ0v) is 22.4. The number of carbonyl (C=O) groups is 2. The highest BCUT2D eigenvalue weighted by Crippen LogP contribution is 2.37. The van der Waals surface area contributed by atoms with E-state index in [0.29, 0.717) is 36.0 Å². The predicted molar refractivity (Wildman–Crippen MR) is 140 cm³/mol. The summed E-state index contributed by atoms with van der Waals surface area (Å²) in [5.41, 5.74) is 1.12. The van der Waals surface area contributed by atoms with Gasteiger partial charge < -0.3 is 19.9 Å². The minimum absolute atomic E-state index is 0.0201. The molecule has 3 aromatic rings. The van der Waals surface area contributed by atoms with Crippen molar-refractivity contribution in [1.29, 1.82) is 0 Å². The summed E-state index contributed by atoms with van der Waals surface area (Å²) in [6, 6.07) is 10.2. The van der Waals surface area contributed by atoms with Crippen LogP contribution in [0.15, 0.2) is 47.4 Å². The smallest absolute Gasteiger partial charge is 0.335 e. The Morgan fingerprint density at radius 1 is 1.06 bits per heavy atom. The SMILES string of the molecule is CCOc1ccc(N(C)S(=O)(=O)c2cc(Cl)sc2C(=O)Nc2cc(C(=O)O)ccc2C)cc1OCC. The average Bonchev–Trinajstić information content (AvgIpc) is 3.24. The van der Waals surface area contributed by atoms with E-state index < -0.39 is 21.9 Å². The minimum atomic E-state index is -4.22. The molecule has 0 radical (unpaired) electrons. The average molecular weight is 553 g/mol. The van der Waals surface area contributed by atoms with Crippen molar-refractivity contribution in [2.75, 3.05) is 29.9 Å². The van der Waals surface area contributed by atoms with Crippen LogP contribution in [-0.2, 0) is 10.0 Å². The molecule has 0 saturated heterocycles. The first kappa shape index (κ1) is 27.3. The second-order valence-electron chi connectivity index (χ2n) is 7.50. The maximum absolute atomic E-state index is 13.6. The number of hydrogen-bond donors (Lipinski definition) is 2. The standard InChI is InChI=1S/C24H25ClN2O7S2/c1-5-33-18-10-9-16(12-19(18)34-6-2)27(4)36(31,32)20-13-21(25)35-22(20)23(28)26-17-11-15(24(29)30)8-7-14(17)3/h7-13H,5-6H2,1-4H3,(H,26,28)(H,29,30). The molecule has 1 aromatic heterocycles. The molecule has 0 spiro atoms. The number of nitrogens with zero attached hydrogens (tertiary/aromatic N) is 1. The molecule has 0 aliphatic rings. The van der Waals surface area contributed by atoms with Crippen LogP contribution in [0.2, 0.25) is 4.34 Å². The third-order valence-corrected chi connectivity index (χ3v) is 8.34. The number of benzene rings is 2. The number of carboxylic acid groups (broad SMARTS) is 1. The van der Waals surface area contributed by atoms with Crippen LogP contribution < -0.4 is 19.1 Å². The lowest BCUT2D eigenvalue weighted by molar-refractivity contribution is 0.0696. The number of anilines is 2. The molecule has 3 rings (SSSR count). The number of rotatable bonds is 10. The molecule has 1 heterocycles. The van der Waals surface area contributed by atoms with Crippen molar-refractivity contribution in [3.63, 3.8) is 0 Å². The van der Waals surface area contributed by atoms with Crippen molar-refractivity contribution in [2.45, 2.75) is 25.7 Å². The lowest BCUT2D eigenvalue weighted by Crippen LogP contribution is -2.28. The number of amides is 1. The van der Waals surface area contributed by atoms with Crippen molar-refractivity contribution < 1.29 is 32.6 Å². The van der Waals surface area contributed by atoms with Gasteiger partial charge >= 0.3 is 5.97 Å². The largest absolute Gasteiger partial charge is 0.490 e. The van der Waals surface area contributed by atoms with Gasteiger partial charge in [-0.15, -0.1) is 11.3 Å². The van der Waals surface area contributed by atoms with E-state index in [2.05, 4.69) is 5.32 Å². The second-order valence-corrected chi connectivity index (χ2v) is 11.1. The quantitative estimate of drug-likeness (QED) is 0.350. The molecule has 2 N–H and O–H groups in total. The third kappa shape index (κ3) is 5.75. The molecular formula is C24H25ClN2O7S2. The van der Waals surface area contributed by atoms with Crippen LogP contribution in [0.25, 0.3) is 0 Å². The van der Waals surface area contributed by atoms with Gasteiger partial charge in [-0.2, -0.15) is 0 Å². The van der Waals surface area contributed by atoms with Crippen molar-refractivity contribution in [2.24, 2.45) is 0 Å². The van der Waals surface area contributed by atoms with Gasteiger partial charge in [-0.25, -0.2) is 13.2 Å². The third-order valence-electron chi connectivity index (χ3n) is 5.14. The molecule has 1 amide bonds. The first-order valence-corrected chi connectivity index (χ1v) is 13.5. The van der Waals surface area contributed by atoms with Crippen molar-refractivity contribution >= 4 is 56.2 Å². The van der Waals surface area contributed by atoms with E-state index in [1.165, 1.54) is 25.2 Å². The number of carbonyl (C=O) groups excluding carboxylic acids is 1. The Bertz CT molecular complexity index is 1400. The molecule has 12 heteroatoms. The molecule has 0 saturated carbocycles. The predicted octanol–water partition coefficient (Wildman–Crippen LogP) is 5.28. The lowest BCUT2D eigenvalue weighted by Gasteiger charge is -2.21. The fourth-order valence-electron chi connectivity index (χ4n) is 3.29. The zero-order chi connectivity index (χ0) is 26.6. The fourth-order valence-corrected chi connectivity index (χ4v) is 6.16. The van der Waals surface area contributed by atoms with E-state index >= 15 is 0 Å². The Hall–Kier alpha value is -3.28. The number of sulfonamides is 1. The molecule has 2 aromatic carbocycles. The van der Waals surface area contributed by atoms with Crippen LogP contribution in [0.3, 0.4) is 0 Å². The highest BCUT2D eigenvalue weighted by Gasteiger charge is 2.30. The molecule has 0 aliphatic heterocycles. The van der Waals surface area contributed by atoms with Crippen molar-refractivity contribution in [1.82, 2.24) is 0 Å². The molecule has 9 nitrogen and oxygen atoms in total. The number of halogens is 1. The molecule has 192 valence electrons. The first-order valence-electron chi connectivity index (χ1n) is 10.8. The van der Waals surface area contributed by atoms with Gasteiger partial charge in [-0.05, 0) is 56.7 Å². The maximum Gasteiger partial charge on any atom is 0.335 e. The Kier molecular flexibility index (Phi) is 8.49. The van der Waals surface area contributed by atoms with Crippen LogP contribution in [0.5, 0.6) is 11.5 Å². The Balaban J connectivity index is 1.98. The number of hydrogen-bond acceptors (Lipinski definition) is 7. The van der Waals surface area contributed by atoms with E-state index in [9.17, 15) is 23.1 Å². The molecule has 0 fully saturated rings. The van der Waals surface area contributed by atoms with Crippen molar-refractivity contribution in [3.8, 4) is 11.5 Å². The normalized spacial score (nSPS) is 11.1. The van der Waals surface area contributed by atoms with E-state index in [0.717, 1.165) is 15.6 Å². The van der Waals surface area contributed by atoms with Gasteiger partial charge in [0.2, 0.25) is 0 Å². The molecule has 0 unspecified atom stereocenters. The summed E-state index contributed by atoms with van der Waals surface area (Å²) in [7, 11) is -2.86. The number of aromatic carboxylic acids is 1. The van der Waals surface area contributed by atoms with Crippen LogP contribution in [0, 0.1) is 6.92 Å². The summed E-state index contributed by atoms with van der Waals surface area (Å²) < 4.78 is 39.4. The van der Waals surface area contributed by atoms with Gasteiger partial charge in [-0.3, -0.25) is 9.10 Å². The first-order chi connectivity index (χ1) is 17.0. The topological polar surface area (TPSA) is 122 Å². The molecule has 0 bridgehead atoms. The summed E-state index contributed by atoms with van der Waals surface area (Å²) >= 11 is 6.94. The van der Waals surface area contributed by atoms with Gasteiger partial charge in [0.05, 0.1) is 28.8 Å². The number of ether oxygens (including phenoxy) is 2. The lowest BCUT2D eigenvalue weighted by atomic mass is 10.1. The molecule has 36 heavy (non-hydrogen) atoms. The van der Waals surface area contributed by atoms with E-state index in [1.807, 2.05) is 6.92 Å². The Labute approximate surface area is 218 Å². The van der Waals surface area contributed by atoms with Crippen LogP contribution in [0.4, 0.5) is 11.4 Å². The number of nitrogens with one attached hydrogen (secondary N) is 1. The maximum atomic E-state index is 13.6. The Morgan fingerprint density at radius 3 is 2.36 bits per heavy atom. The number of thiophene rings is 1. The molecule has 0 atom stereocenters. The van der Waals surface area contributed by atoms with E-state index in [1.54, 1.807) is 38.1 Å². The van der Waals surface area contributed by atoms with Crippen LogP contribution in [-0.4, -0.2) is 45.7 Å². The highest BCUT2D eigenvalue weighted by molar-refractivity contribution is 7.93. The van der Waals surface area contributed by atoms with Gasteiger partial charge in [0.25, 0.3) is 15.9 Å². The van der Waals surface area contributed by atoms with E-state index in [-0.39, 0.29) is 25.4 Å². The fraction of sp³-hybridized carbons (Fsp3) is 0.250. The molecule has 0 aliphatic carbocycles. The Morgan fingerprint density at radius 2 is 1.72 bits per heavy atom. The summed E-state index contributed by atoms with van der Waals surface area (Å²) in [5.74, 6) is -1.02. The van der Waals surface area contributed by atoms with Gasteiger partial charge in [0.1, 0.15) is 9.77 Å². The number of aryl methyl sites for hydroxylation is 1. The number of carboxylic acids is 1. The second kappa shape index (κ2) is 11.2. The highest BCUT2D eigenvalue weighted by atomic mass is 35.5. The van der Waals surface area contributed by atoms with Crippen molar-refractivity contribution in [3.05, 3.63) is 62.8 Å². The minimum Gasteiger partial charge on any atom is -0.490 e. The van der Waals surface area contributed by atoms with Crippen LogP contribution >= 0.6 is 22.9 Å². The van der Waals surface area contributed by atoms with Gasteiger partial charge in [0, 0.05) is 18.8 Å². The summed E-state index contributed by atoms with van der Waals surface area (Å²) in [4.78, 5) is 24.0. The summed E-state index contributed by atoms with van der Waals surface area (Å²) in [6.07, 6.45) is 0. The van der Waals surface area contributed by atoms with Crippen LogP contribution in [0.1, 0.15) is 39.4 Å².